The van der Waals surface area contributed by atoms with Crippen molar-refractivity contribution in [2.24, 2.45) is 5.73 Å². The van der Waals surface area contributed by atoms with E-state index in [1.807, 2.05) is 37.3 Å². The minimum atomic E-state index is -0.00933. The van der Waals surface area contributed by atoms with Crippen molar-refractivity contribution in [3.8, 4) is 11.3 Å². The zero-order valence-electron chi connectivity index (χ0n) is 12.7. The highest BCUT2D eigenvalue weighted by Crippen LogP contribution is 2.28. The van der Waals surface area contributed by atoms with Crippen LogP contribution in [-0.2, 0) is 0 Å². The molecule has 1 amide bonds. The number of nitrogens with zero attached hydrogens (tertiary/aromatic N) is 1. The van der Waals surface area contributed by atoms with Crippen molar-refractivity contribution in [3.63, 3.8) is 0 Å². The summed E-state index contributed by atoms with van der Waals surface area (Å²) in [6, 6.07) is 10.4. The van der Waals surface area contributed by atoms with Crippen molar-refractivity contribution in [3.05, 3.63) is 40.2 Å². The van der Waals surface area contributed by atoms with Crippen molar-refractivity contribution in [2.75, 3.05) is 0 Å². The van der Waals surface area contributed by atoms with E-state index in [-0.39, 0.29) is 11.9 Å². The number of amides is 1. The molecule has 0 saturated heterocycles. The maximum Gasteiger partial charge on any atom is 0.263 e. The van der Waals surface area contributed by atoms with Crippen LogP contribution >= 0.6 is 11.3 Å². The first-order valence-electron chi connectivity index (χ1n) is 7.73. The summed E-state index contributed by atoms with van der Waals surface area (Å²) < 4.78 is 0. The molecule has 5 heteroatoms. The van der Waals surface area contributed by atoms with Crippen molar-refractivity contribution in [2.45, 2.75) is 44.7 Å². The number of carbonyl (C=O) groups excluding carboxylic acids is 1. The fourth-order valence-electron chi connectivity index (χ4n) is 2.89. The normalized spacial score (nSPS) is 21.5. The third-order valence-electron chi connectivity index (χ3n) is 4.09. The number of aromatic nitrogens is 1. The highest BCUT2D eigenvalue weighted by molar-refractivity contribution is 7.14. The number of aryl methyl sites for hydroxylation is 1. The summed E-state index contributed by atoms with van der Waals surface area (Å²) >= 11 is 1.46. The first kappa shape index (κ1) is 15.2. The Hall–Kier alpha value is -1.72. The monoisotopic (exact) mass is 315 g/mol. The van der Waals surface area contributed by atoms with Gasteiger partial charge in [0, 0.05) is 17.6 Å². The van der Waals surface area contributed by atoms with Crippen LogP contribution in [0.25, 0.3) is 11.3 Å². The third-order valence-corrected chi connectivity index (χ3v) is 5.06. The number of thiazole rings is 1. The van der Waals surface area contributed by atoms with Crippen LogP contribution < -0.4 is 11.1 Å². The van der Waals surface area contributed by atoms with E-state index >= 15 is 0 Å². The van der Waals surface area contributed by atoms with Gasteiger partial charge in [-0.2, -0.15) is 0 Å². The second kappa shape index (κ2) is 6.58. The first-order valence-corrected chi connectivity index (χ1v) is 8.54. The van der Waals surface area contributed by atoms with Gasteiger partial charge in [-0.05, 0) is 32.6 Å². The number of carbonyl (C=O) groups is 1. The minimum absolute atomic E-state index is 0.00933. The summed E-state index contributed by atoms with van der Waals surface area (Å²) in [6.07, 6.45) is 3.90. The number of nitrogens with two attached hydrogens (primary N) is 1. The van der Waals surface area contributed by atoms with Gasteiger partial charge in [0.15, 0.2) is 0 Å². The molecule has 4 nitrogen and oxygen atoms in total. The summed E-state index contributed by atoms with van der Waals surface area (Å²) in [5.74, 6) is -0.00933. The number of rotatable bonds is 3. The molecule has 1 saturated carbocycles. The Morgan fingerprint density at radius 3 is 2.59 bits per heavy atom. The highest BCUT2D eigenvalue weighted by atomic mass is 32.1. The third kappa shape index (κ3) is 3.36. The Labute approximate surface area is 134 Å². The lowest BCUT2D eigenvalue weighted by atomic mass is 9.92. The van der Waals surface area contributed by atoms with Crippen LogP contribution in [-0.4, -0.2) is 23.0 Å². The fourth-order valence-corrected chi connectivity index (χ4v) is 3.73. The second-order valence-corrected chi connectivity index (χ2v) is 7.07. The van der Waals surface area contributed by atoms with Crippen molar-refractivity contribution >= 4 is 17.2 Å². The zero-order chi connectivity index (χ0) is 15.5. The maximum atomic E-state index is 12.6. The van der Waals surface area contributed by atoms with Crippen LogP contribution in [0, 0.1) is 6.92 Å². The molecule has 1 aromatic heterocycles. The highest BCUT2D eigenvalue weighted by Gasteiger charge is 2.23. The van der Waals surface area contributed by atoms with Crippen LogP contribution in [0.1, 0.15) is 40.4 Å². The summed E-state index contributed by atoms with van der Waals surface area (Å²) in [4.78, 5) is 17.9. The fraction of sp³-hybridized carbons (Fsp3) is 0.412. The summed E-state index contributed by atoms with van der Waals surface area (Å²) in [6.45, 7) is 1.94. The largest absolute Gasteiger partial charge is 0.349 e. The molecular weight excluding hydrogens is 294 g/mol. The van der Waals surface area contributed by atoms with Gasteiger partial charge in [-0.3, -0.25) is 4.79 Å². The van der Waals surface area contributed by atoms with E-state index < -0.39 is 0 Å². The Kier molecular flexibility index (Phi) is 4.55. The summed E-state index contributed by atoms with van der Waals surface area (Å²) in [5.41, 5.74) is 7.70. The predicted octanol–water partition coefficient (Wildman–Crippen LogP) is 3.12. The van der Waals surface area contributed by atoms with E-state index in [9.17, 15) is 4.79 Å². The average molecular weight is 315 g/mol. The van der Waals surface area contributed by atoms with E-state index in [0.717, 1.165) is 41.9 Å². The average Bonchev–Trinajstić information content (AvgIpc) is 2.92. The molecule has 1 heterocycles. The summed E-state index contributed by atoms with van der Waals surface area (Å²) in [7, 11) is 0. The van der Waals surface area contributed by atoms with Crippen LogP contribution in [0.2, 0.25) is 0 Å². The molecule has 0 aliphatic heterocycles. The van der Waals surface area contributed by atoms with Gasteiger partial charge in [-0.25, -0.2) is 4.98 Å². The molecule has 1 aromatic carbocycles. The molecule has 0 atom stereocenters. The molecule has 0 radical (unpaired) electrons. The molecule has 0 bridgehead atoms. The Morgan fingerprint density at radius 2 is 1.91 bits per heavy atom. The van der Waals surface area contributed by atoms with E-state index in [1.165, 1.54) is 11.3 Å². The van der Waals surface area contributed by atoms with Gasteiger partial charge in [-0.1, -0.05) is 30.3 Å². The molecule has 3 N–H and O–H groups in total. The molecular formula is C17H21N3OS. The van der Waals surface area contributed by atoms with Gasteiger partial charge < -0.3 is 11.1 Å². The molecule has 1 aliphatic carbocycles. The van der Waals surface area contributed by atoms with Crippen LogP contribution in [0.4, 0.5) is 0 Å². The predicted molar refractivity (Wildman–Crippen MR) is 90.0 cm³/mol. The molecule has 1 fully saturated rings. The maximum absolute atomic E-state index is 12.6. The molecule has 2 aromatic rings. The Morgan fingerprint density at radius 1 is 1.23 bits per heavy atom. The minimum Gasteiger partial charge on any atom is -0.349 e. The van der Waals surface area contributed by atoms with Crippen LogP contribution in [0.3, 0.4) is 0 Å². The lowest BCUT2D eigenvalue weighted by Gasteiger charge is -2.26. The van der Waals surface area contributed by atoms with E-state index in [4.69, 9.17) is 5.73 Å². The van der Waals surface area contributed by atoms with Gasteiger partial charge in [0.25, 0.3) is 5.91 Å². The van der Waals surface area contributed by atoms with E-state index in [2.05, 4.69) is 10.3 Å². The molecule has 1 aliphatic rings. The quantitative estimate of drug-likeness (QED) is 0.914. The molecule has 116 valence electrons. The standard InChI is InChI=1S/C17H21N3OS/c1-11-19-15(12-5-3-2-4-6-12)16(22-11)17(21)20-14-9-7-13(18)8-10-14/h2-6,13-14H,7-10,18H2,1H3,(H,20,21). The van der Waals surface area contributed by atoms with Crippen LogP contribution in [0.5, 0.6) is 0 Å². The first-order chi connectivity index (χ1) is 10.6. The second-order valence-electron chi connectivity index (χ2n) is 5.86. The molecule has 22 heavy (non-hydrogen) atoms. The number of hydrogen-bond acceptors (Lipinski definition) is 4. The lowest BCUT2D eigenvalue weighted by Crippen LogP contribution is -2.40. The van der Waals surface area contributed by atoms with Gasteiger partial charge in [-0.15, -0.1) is 11.3 Å². The van der Waals surface area contributed by atoms with E-state index in [1.54, 1.807) is 0 Å². The SMILES string of the molecule is Cc1nc(-c2ccccc2)c(C(=O)NC2CCC(N)CC2)s1. The smallest absolute Gasteiger partial charge is 0.263 e. The van der Waals surface area contributed by atoms with Crippen molar-refractivity contribution in [1.29, 1.82) is 0 Å². The number of benzene rings is 1. The lowest BCUT2D eigenvalue weighted by molar-refractivity contribution is 0.0930. The van der Waals surface area contributed by atoms with Crippen molar-refractivity contribution < 1.29 is 4.79 Å². The van der Waals surface area contributed by atoms with Gasteiger partial charge in [0.1, 0.15) is 4.88 Å². The molecule has 3 rings (SSSR count). The number of hydrogen-bond donors (Lipinski definition) is 2. The van der Waals surface area contributed by atoms with Gasteiger partial charge >= 0.3 is 0 Å². The zero-order valence-corrected chi connectivity index (χ0v) is 13.5. The number of nitrogens with one attached hydrogen (secondary N) is 1. The summed E-state index contributed by atoms with van der Waals surface area (Å²) in [5, 5.41) is 4.07. The molecule has 0 spiro atoms. The Bertz CT molecular complexity index is 645. The topological polar surface area (TPSA) is 68.0 Å². The van der Waals surface area contributed by atoms with Gasteiger partial charge in [0.2, 0.25) is 0 Å². The van der Waals surface area contributed by atoms with Crippen LogP contribution in [0.15, 0.2) is 30.3 Å². The Balaban J connectivity index is 1.78. The van der Waals surface area contributed by atoms with E-state index in [0.29, 0.717) is 10.9 Å². The molecule has 0 unspecified atom stereocenters. The van der Waals surface area contributed by atoms with Crippen molar-refractivity contribution in [1.82, 2.24) is 10.3 Å². The van der Waals surface area contributed by atoms with Gasteiger partial charge in [0.05, 0.1) is 10.7 Å².